The molecule has 1 amide bonds. The van der Waals surface area contributed by atoms with Gasteiger partial charge >= 0.3 is 0 Å². The number of non-ortho nitro benzene ring substituents is 1. The fourth-order valence-electron chi connectivity index (χ4n) is 2.22. The van der Waals surface area contributed by atoms with Gasteiger partial charge in [0, 0.05) is 22.6 Å². The maximum Gasteiger partial charge on any atom is 0.269 e. The van der Waals surface area contributed by atoms with Crippen molar-refractivity contribution in [3.63, 3.8) is 0 Å². The second-order valence-electron chi connectivity index (χ2n) is 4.55. The van der Waals surface area contributed by atoms with Crippen LogP contribution in [0.1, 0.15) is 10.4 Å². The van der Waals surface area contributed by atoms with E-state index in [9.17, 15) is 20.2 Å². The van der Waals surface area contributed by atoms with Crippen molar-refractivity contribution in [1.82, 2.24) is 0 Å². The Bertz CT molecular complexity index is 798. The van der Waals surface area contributed by atoms with E-state index in [2.05, 4.69) is 6.07 Å². The van der Waals surface area contributed by atoms with Crippen molar-refractivity contribution in [3.05, 3.63) is 64.2 Å². The number of amides is 1. The highest BCUT2D eigenvalue weighted by atomic mass is 32.2. The Morgan fingerprint density at radius 3 is 2.55 bits per heavy atom. The van der Waals surface area contributed by atoms with Crippen LogP contribution in [0.2, 0.25) is 0 Å². The van der Waals surface area contributed by atoms with Crippen molar-refractivity contribution >= 4 is 29.0 Å². The molecular weight excluding hydrogens is 302 g/mol. The topological polar surface area (TPSA) is 87.2 Å². The summed E-state index contributed by atoms with van der Waals surface area (Å²) in [5.41, 5.74) is 0.912. The number of anilines is 1. The van der Waals surface area contributed by atoms with E-state index in [1.165, 1.54) is 40.9 Å². The molecule has 1 heterocycles. The van der Waals surface area contributed by atoms with Crippen molar-refractivity contribution in [3.8, 4) is 6.07 Å². The number of hydrogen-bond acceptors (Lipinski definition) is 5. The summed E-state index contributed by atoms with van der Waals surface area (Å²) < 4.78 is 0. The number of carbonyl (C=O) groups is 1. The van der Waals surface area contributed by atoms with Crippen LogP contribution in [0.4, 0.5) is 11.4 Å². The minimum Gasteiger partial charge on any atom is -0.281 e. The zero-order valence-corrected chi connectivity index (χ0v) is 12.0. The highest BCUT2D eigenvalue weighted by Crippen LogP contribution is 2.43. The molecule has 0 N–H and O–H groups in total. The molecule has 0 spiro atoms. The van der Waals surface area contributed by atoms with Crippen LogP contribution in [0.3, 0.4) is 0 Å². The van der Waals surface area contributed by atoms with Gasteiger partial charge in [0.2, 0.25) is 0 Å². The number of fused-ring (bicyclic) bond motifs is 1. The number of nitriles is 1. The lowest BCUT2D eigenvalue weighted by Crippen LogP contribution is -2.34. The van der Waals surface area contributed by atoms with Gasteiger partial charge in [-0.05, 0) is 24.3 Å². The summed E-state index contributed by atoms with van der Waals surface area (Å²) in [6, 6.07) is 14.8. The lowest BCUT2D eigenvalue weighted by Gasteiger charge is -2.19. The second-order valence-corrected chi connectivity index (χ2v) is 5.67. The number of nitro benzene ring substituents is 1. The molecule has 0 fully saturated rings. The van der Waals surface area contributed by atoms with E-state index >= 15 is 0 Å². The van der Waals surface area contributed by atoms with Crippen LogP contribution in [0.25, 0.3) is 0 Å². The summed E-state index contributed by atoms with van der Waals surface area (Å²) in [6.07, 6.45) is 0. The SMILES string of the molecule is N#CC1Sc2ccccc2N1C(=O)c1ccc([N+](=O)[O-])cc1. The van der Waals surface area contributed by atoms with Crippen LogP contribution in [-0.4, -0.2) is 16.2 Å². The van der Waals surface area contributed by atoms with Gasteiger partial charge in [0.1, 0.15) is 0 Å². The molecule has 2 aromatic carbocycles. The number of carbonyl (C=O) groups excluding carboxylic acids is 1. The van der Waals surface area contributed by atoms with E-state index in [-0.39, 0.29) is 11.6 Å². The maximum atomic E-state index is 12.7. The van der Waals surface area contributed by atoms with Crippen LogP contribution in [0.15, 0.2) is 53.4 Å². The predicted octanol–water partition coefficient (Wildman–Crippen LogP) is 3.20. The van der Waals surface area contributed by atoms with Gasteiger partial charge in [-0.15, -0.1) is 0 Å². The number of nitrogens with zero attached hydrogens (tertiary/aromatic N) is 3. The molecule has 1 unspecified atom stereocenters. The zero-order valence-electron chi connectivity index (χ0n) is 11.2. The van der Waals surface area contributed by atoms with Gasteiger partial charge in [0.25, 0.3) is 11.6 Å². The molecular formula is C15H9N3O3S. The molecule has 6 nitrogen and oxygen atoms in total. The standard InChI is InChI=1S/C15H9N3O3S/c16-9-14-17(12-3-1-2-4-13(12)22-14)15(19)10-5-7-11(8-6-10)18(20)21/h1-8,14H. The molecule has 0 saturated carbocycles. The average Bonchev–Trinajstić information content (AvgIpc) is 2.92. The van der Waals surface area contributed by atoms with Crippen molar-refractivity contribution in [2.24, 2.45) is 0 Å². The van der Waals surface area contributed by atoms with Crippen LogP contribution < -0.4 is 4.90 Å². The third kappa shape index (κ3) is 2.29. The Balaban J connectivity index is 1.97. The summed E-state index contributed by atoms with van der Waals surface area (Å²) in [4.78, 5) is 25.1. The zero-order chi connectivity index (χ0) is 15.7. The first-order valence-corrected chi connectivity index (χ1v) is 7.23. The first-order valence-electron chi connectivity index (χ1n) is 6.35. The molecule has 2 aromatic rings. The number of para-hydroxylation sites is 1. The molecule has 1 aliphatic rings. The van der Waals surface area contributed by atoms with E-state index in [1.807, 2.05) is 12.1 Å². The van der Waals surface area contributed by atoms with E-state index < -0.39 is 10.3 Å². The quantitative estimate of drug-likeness (QED) is 0.628. The number of rotatable bonds is 2. The van der Waals surface area contributed by atoms with Crippen molar-refractivity contribution in [1.29, 1.82) is 5.26 Å². The molecule has 1 aliphatic heterocycles. The van der Waals surface area contributed by atoms with Gasteiger partial charge in [-0.3, -0.25) is 19.8 Å². The first-order chi connectivity index (χ1) is 10.6. The lowest BCUT2D eigenvalue weighted by molar-refractivity contribution is -0.384. The number of hydrogen-bond donors (Lipinski definition) is 0. The highest BCUT2D eigenvalue weighted by molar-refractivity contribution is 8.00. The Morgan fingerprint density at radius 2 is 1.91 bits per heavy atom. The number of nitro groups is 1. The Hall–Kier alpha value is -2.85. The molecule has 22 heavy (non-hydrogen) atoms. The van der Waals surface area contributed by atoms with Gasteiger partial charge in [0.15, 0.2) is 5.37 Å². The molecule has 0 bridgehead atoms. The number of benzene rings is 2. The summed E-state index contributed by atoms with van der Waals surface area (Å²) in [5, 5.41) is 19.3. The van der Waals surface area contributed by atoms with Gasteiger partial charge in [0.05, 0.1) is 16.7 Å². The van der Waals surface area contributed by atoms with E-state index in [1.54, 1.807) is 12.1 Å². The highest BCUT2D eigenvalue weighted by Gasteiger charge is 2.35. The lowest BCUT2D eigenvalue weighted by atomic mass is 10.1. The Labute approximate surface area is 130 Å². The molecule has 0 aliphatic carbocycles. The van der Waals surface area contributed by atoms with E-state index in [0.717, 1.165) is 4.90 Å². The maximum absolute atomic E-state index is 12.7. The second kappa shape index (κ2) is 5.50. The van der Waals surface area contributed by atoms with Gasteiger partial charge in [-0.25, -0.2) is 0 Å². The van der Waals surface area contributed by atoms with Crippen LogP contribution in [0, 0.1) is 21.4 Å². The largest absolute Gasteiger partial charge is 0.281 e. The predicted molar refractivity (Wildman–Crippen MR) is 81.6 cm³/mol. The smallest absolute Gasteiger partial charge is 0.269 e. The van der Waals surface area contributed by atoms with Crippen LogP contribution in [-0.2, 0) is 0 Å². The Morgan fingerprint density at radius 1 is 1.23 bits per heavy atom. The minimum atomic E-state index is -0.639. The van der Waals surface area contributed by atoms with Gasteiger partial charge in [-0.2, -0.15) is 5.26 Å². The van der Waals surface area contributed by atoms with Crippen molar-refractivity contribution in [2.75, 3.05) is 4.90 Å². The monoisotopic (exact) mass is 311 g/mol. The molecule has 3 rings (SSSR count). The molecule has 1 atom stereocenters. The van der Waals surface area contributed by atoms with Crippen molar-refractivity contribution < 1.29 is 9.72 Å². The summed E-state index contributed by atoms with van der Waals surface area (Å²) >= 11 is 1.31. The normalized spacial score (nSPS) is 16.0. The summed E-state index contributed by atoms with van der Waals surface area (Å²) in [5.74, 6) is -0.348. The average molecular weight is 311 g/mol. The minimum absolute atomic E-state index is 0.0791. The third-order valence-electron chi connectivity index (χ3n) is 3.25. The summed E-state index contributed by atoms with van der Waals surface area (Å²) in [6.45, 7) is 0. The molecule has 0 saturated heterocycles. The first kappa shape index (κ1) is 14.1. The molecule has 0 aromatic heterocycles. The number of thioether (sulfide) groups is 1. The summed E-state index contributed by atoms with van der Waals surface area (Å²) in [7, 11) is 0. The van der Waals surface area contributed by atoms with E-state index in [4.69, 9.17) is 0 Å². The van der Waals surface area contributed by atoms with Crippen molar-refractivity contribution in [2.45, 2.75) is 10.3 Å². The third-order valence-corrected chi connectivity index (χ3v) is 4.39. The Kier molecular flexibility index (Phi) is 3.53. The van der Waals surface area contributed by atoms with Crippen LogP contribution in [0.5, 0.6) is 0 Å². The molecule has 0 radical (unpaired) electrons. The fourth-order valence-corrected chi connectivity index (χ4v) is 3.27. The van der Waals surface area contributed by atoms with Gasteiger partial charge < -0.3 is 0 Å². The fraction of sp³-hybridized carbons (Fsp3) is 0.0667. The molecule has 7 heteroatoms. The molecule has 108 valence electrons. The van der Waals surface area contributed by atoms with Gasteiger partial charge in [-0.1, -0.05) is 23.9 Å². The van der Waals surface area contributed by atoms with Crippen LogP contribution >= 0.6 is 11.8 Å². The van der Waals surface area contributed by atoms with E-state index in [0.29, 0.717) is 11.3 Å².